The Kier molecular flexibility index (Phi) is 4.54. The van der Waals surface area contributed by atoms with Gasteiger partial charge in [0.25, 0.3) is 5.91 Å². The molecule has 28 heavy (non-hydrogen) atoms. The van der Waals surface area contributed by atoms with Gasteiger partial charge in [-0.25, -0.2) is 0 Å². The van der Waals surface area contributed by atoms with E-state index >= 15 is 0 Å². The van der Waals surface area contributed by atoms with Gasteiger partial charge < -0.3 is 23.9 Å². The summed E-state index contributed by atoms with van der Waals surface area (Å²) in [7, 11) is 0. The normalized spacial score (nSPS) is 14.0. The summed E-state index contributed by atoms with van der Waals surface area (Å²) in [5.41, 5.74) is 3.29. The number of nitrogens with one attached hydrogen (secondary N) is 1. The number of aromatic nitrogens is 3. The van der Waals surface area contributed by atoms with Gasteiger partial charge >= 0.3 is 0 Å². The minimum absolute atomic E-state index is 0.194. The van der Waals surface area contributed by atoms with Gasteiger partial charge in [0.2, 0.25) is 5.89 Å². The van der Waals surface area contributed by atoms with E-state index in [1.54, 1.807) is 6.92 Å². The van der Waals surface area contributed by atoms with E-state index in [0.29, 0.717) is 36.2 Å². The number of hydrogen-bond acceptors (Lipinski definition) is 6. The average molecular weight is 382 g/mol. The number of fused-ring (bicyclic) bond motifs is 1. The van der Waals surface area contributed by atoms with Crippen LogP contribution in [0.1, 0.15) is 46.4 Å². The number of aryl methyl sites for hydroxylation is 2. The smallest absolute Gasteiger partial charge is 0.253 e. The molecule has 3 heterocycles. The molecule has 0 bridgehead atoms. The third-order valence-corrected chi connectivity index (χ3v) is 4.72. The molecule has 0 unspecified atom stereocenters. The van der Waals surface area contributed by atoms with E-state index < -0.39 is 0 Å². The minimum Gasteiger partial charge on any atom is -0.486 e. The lowest BCUT2D eigenvalue weighted by Gasteiger charge is -2.20. The molecular weight excluding hydrogens is 360 g/mol. The van der Waals surface area contributed by atoms with Crippen molar-refractivity contribution in [3.63, 3.8) is 0 Å². The first-order chi connectivity index (χ1) is 13.4. The second-order valence-electron chi connectivity index (χ2n) is 6.82. The van der Waals surface area contributed by atoms with Crippen LogP contribution in [0.25, 0.3) is 5.69 Å². The molecule has 1 aliphatic rings. The summed E-state index contributed by atoms with van der Waals surface area (Å²) in [4.78, 5) is 17.0. The van der Waals surface area contributed by atoms with Crippen LogP contribution in [-0.2, 0) is 0 Å². The number of benzene rings is 1. The maximum Gasteiger partial charge on any atom is 0.253 e. The van der Waals surface area contributed by atoms with Crippen LogP contribution in [0.2, 0.25) is 0 Å². The molecule has 1 aliphatic heterocycles. The average Bonchev–Trinajstić information content (AvgIpc) is 3.24. The maximum atomic E-state index is 12.8. The van der Waals surface area contributed by atoms with E-state index in [9.17, 15) is 4.79 Å². The summed E-state index contributed by atoms with van der Waals surface area (Å²) in [5.74, 6) is 2.17. The number of carbonyl (C=O) groups is 1. The molecule has 3 aromatic rings. The Hall–Kier alpha value is -3.29. The Morgan fingerprint density at radius 1 is 1.14 bits per heavy atom. The molecule has 1 atom stereocenters. The number of hydrogen-bond donors (Lipinski definition) is 1. The molecule has 8 nitrogen and oxygen atoms in total. The predicted octanol–water partition coefficient (Wildman–Crippen LogP) is 3.05. The largest absolute Gasteiger partial charge is 0.486 e. The van der Waals surface area contributed by atoms with Gasteiger partial charge in [0.1, 0.15) is 19.3 Å². The summed E-state index contributed by atoms with van der Waals surface area (Å²) in [5, 5.41) is 6.68. The molecule has 0 aliphatic carbocycles. The molecule has 0 radical (unpaired) electrons. The first-order valence-electron chi connectivity index (χ1n) is 9.14. The molecule has 0 saturated carbocycles. The van der Waals surface area contributed by atoms with E-state index in [1.807, 2.05) is 49.6 Å². The molecule has 146 valence electrons. The zero-order valence-electron chi connectivity index (χ0n) is 16.3. The Morgan fingerprint density at radius 2 is 1.89 bits per heavy atom. The van der Waals surface area contributed by atoms with Crippen molar-refractivity contribution in [2.75, 3.05) is 13.2 Å². The molecule has 1 aromatic carbocycles. The molecular formula is C20H22N4O4. The van der Waals surface area contributed by atoms with Gasteiger partial charge in [-0.1, -0.05) is 5.16 Å². The van der Waals surface area contributed by atoms with Crippen molar-refractivity contribution in [3.05, 3.63) is 52.9 Å². The monoisotopic (exact) mass is 382 g/mol. The number of rotatable bonds is 4. The molecule has 1 amide bonds. The van der Waals surface area contributed by atoms with Gasteiger partial charge in [0.15, 0.2) is 17.3 Å². The maximum absolute atomic E-state index is 12.8. The van der Waals surface area contributed by atoms with Crippen molar-refractivity contribution < 1.29 is 18.8 Å². The van der Waals surface area contributed by atoms with E-state index in [2.05, 4.69) is 15.5 Å². The highest BCUT2D eigenvalue weighted by Gasteiger charge is 2.22. The zero-order valence-corrected chi connectivity index (χ0v) is 16.3. The zero-order chi connectivity index (χ0) is 19.8. The van der Waals surface area contributed by atoms with Gasteiger partial charge in [-0.05, 0) is 45.9 Å². The number of amides is 1. The van der Waals surface area contributed by atoms with Crippen LogP contribution in [-0.4, -0.2) is 33.8 Å². The minimum atomic E-state index is -0.383. The highest BCUT2D eigenvalue weighted by molar-refractivity contribution is 5.96. The highest BCUT2D eigenvalue weighted by Crippen LogP contribution is 2.33. The fraction of sp³-hybridized carbons (Fsp3) is 0.350. The number of ether oxygens (including phenoxy) is 2. The molecule has 2 aromatic heterocycles. The van der Waals surface area contributed by atoms with E-state index in [4.69, 9.17) is 14.0 Å². The van der Waals surface area contributed by atoms with Crippen molar-refractivity contribution in [2.24, 2.45) is 0 Å². The van der Waals surface area contributed by atoms with Gasteiger partial charge in [0, 0.05) is 23.1 Å². The second kappa shape index (κ2) is 7.03. The van der Waals surface area contributed by atoms with Gasteiger partial charge in [-0.15, -0.1) is 0 Å². The Bertz CT molecular complexity index is 1040. The van der Waals surface area contributed by atoms with Crippen LogP contribution in [0.4, 0.5) is 0 Å². The van der Waals surface area contributed by atoms with Gasteiger partial charge in [0.05, 0.1) is 5.56 Å². The second-order valence-corrected chi connectivity index (χ2v) is 6.82. The Balaban J connectivity index is 1.61. The van der Waals surface area contributed by atoms with E-state index in [-0.39, 0.29) is 11.9 Å². The van der Waals surface area contributed by atoms with Crippen LogP contribution in [0.3, 0.4) is 0 Å². The van der Waals surface area contributed by atoms with Crippen LogP contribution in [0, 0.1) is 20.8 Å². The quantitative estimate of drug-likeness (QED) is 0.746. The first kappa shape index (κ1) is 18.1. The lowest BCUT2D eigenvalue weighted by atomic mass is 10.2. The van der Waals surface area contributed by atoms with Crippen molar-refractivity contribution >= 4 is 5.91 Å². The third-order valence-electron chi connectivity index (χ3n) is 4.72. The highest BCUT2D eigenvalue weighted by atomic mass is 16.6. The summed E-state index contributed by atoms with van der Waals surface area (Å²) in [6, 6.07) is 7.26. The SMILES string of the molecule is Cc1noc([C@H](C)NC(=O)c2cc(C)n(-c3ccc4c(c3)OCCO4)c2C)n1. The fourth-order valence-corrected chi connectivity index (χ4v) is 3.39. The summed E-state index contributed by atoms with van der Waals surface area (Å²) in [6.07, 6.45) is 0. The topological polar surface area (TPSA) is 91.4 Å². The first-order valence-corrected chi connectivity index (χ1v) is 9.14. The Labute approximate surface area is 162 Å². The van der Waals surface area contributed by atoms with Crippen LogP contribution < -0.4 is 14.8 Å². The molecule has 0 saturated heterocycles. The molecule has 0 fully saturated rings. The van der Waals surface area contributed by atoms with Gasteiger partial charge in [-0.2, -0.15) is 4.98 Å². The third kappa shape index (κ3) is 3.21. The number of carbonyl (C=O) groups excluding carboxylic acids is 1. The predicted molar refractivity (Wildman–Crippen MR) is 101 cm³/mol. The summed E-state index contributed by atoms with van der Waals surface area (Å²) >= 11 is 0. The van der Waals surface area contributed by atoms with Crippen LogP contribution in [0.5, 0.6) is 11.5 Å². The summed E-state index contributed by atoms with van der Waals surface area (Å²) in [6.45, 7) is 8.51. The fourth-order valence-electron chi connectivity index (χ4n) is 3.39. The molecule has 8 heteroatoms. The van der Waals surface area contributed by atoms with E-state index in [0.717, 1.165) is 22.8 Å². The summed E-state index contributed by atoms with van der Waals surface area (Å²) < 4.78 is 18.4. The van der Waals surface area contributed by atoms with E-state index in [1.165, 1.54) is 0 Å². The molecule has 4 rings (SSSR count). The Morgan fingerprint density at radius 3 is 2.61 bits per heavy atom. The van der Waals surface area contributed by atoms with Crippen molar-refractivity contribution in [1.82, 2.24) is 20.0 Å². The lowest BCUT2D eigenvalue weighted by molar-refractivity contribution is 0.0932. The molecule has 0 spiro atoms. The van der Waals surface area contributed by atoms with Crippen molar-refractivity contribution in [3.8, 4) is 17.2 Å². The number of nitrogens with zero attached hydrogens (tertiary/aromatic N) is 3. The van der Waals surface area contributed by atoms with Crippen LogP contribution in [0.15, 0.2) is 28.8 Å². The van der Waals surface area contributed by atoms with Crippen molar-refractivity contribution in [1.29, 1.82) is 0 Å². The standard InChI is InChI=1S/C20H22N4O4/c1-11-9-16(19(25)21-12(2)20-22-14(4)23-28-20)13(3)24(11)15-5-6-17-18(10-15)27-8-7-26-17/h5-6,9-10,12H,7-8H2,1-4H3,(H,21,25)/t12-/m0/s1. The van der Waals surface area contributed by atoms with Crippen LogP contribution >= 0.6 is 0 Å². The van der Waals surface area contributed by atoms with Gasteiger partial charge in [-0.3, -0.25) is 4.79 Å². The molecule has 1 N–H and O–H groups in total. The lowest BCUT2D eigenvalue weighted by Crippen LogP contribution is -2.27. The van der Waals surface area contributed by atoms with Crippen molar-refractivity contribution in [2.45, 2.75) is 33.7 Å².